The fourth-order valence-electron chi connectivity index (χ4n) is 3.59. The Morgan fingerprint density at radius 1 is 1.27 bits per heavy atom. The van der Waals surface area contributed by atoms with Gasteiger partial charge in [0.15, 0.2) is 11.7 Å². The van der Waals surface area contributed by atoms with Crippen molar-refractivity contribution in [1.29, 1.82) is 0 Å². The highest BCUT2D eigenvalue weighted by Crippen LogP contribution is 2.20. The third-order valence-electron chi connectivity index (χ3n) is 5.01. The van der Waals surface area contributed by atoms with Crippen LogP contribution in [0.25, 0.3) is 0 Å². The number of nitrogens with one attached hydrogen (secondary N) is 2. The van der Waals surface area contributed by atoms with Crippen molar-refractivity contribution in [3.8, 4) is 0 Å². The maximum absolute atomic E-state index is 12.0. The Hall–Kier alpha value is -3.29. The Kier molecular flexibility index (Phi) is 7.48. The number of rotatable bonds is 7. The molecule has 1 aromatic heterocycles. The van der Waals surface area contributed by atoms with Crippen molar-refractivity contribution in [2.45, 2.75) is 32.7 Å². The van der Waals surface area contributed by atoms with Gasteiger partial charge >= 0.3 is 0 Å². The van der Waals surface area contributed by atoms with Crippen LogP contribution in [0.3, 0.4) is 0 Å². The number of nitrogens with zero attached hydrogens (tertiary/aromatic N) is 2. The molecule has 0 saturated carbocycles. The van der Waals surface area contributed by atoms with Crippen LogP contribution in [0.5, 0.6) is 0 Å². The monoisotopic (exact) mass is 411 g/mol. The number of carbonyl (C=O) groups is 2. The summed E-state index contributed by atoms with van der Waals surface area (Å²) >= 11 is 0. The fraction of sp³-hybridized carbons (Fsp3) is 0.409. The van der Waals surface area contributed by atoms with Crippen LogP contribution in [0.1, 0.15) is 42.3 Å². The van der Waals surface area contributed by atoms with Gasteiger partial charge in [0.2, 0.25) is 5.91 Å². The molecule has 0 bridgehead atoms. The van der Waals surface area contributed by atoms with Crippen molar-refractivity contribution >= 4 is 23.5 Å². The van der Waals surface area contributed by atoms with Gasteiger partial charge in [-0.1, -0.05) is 12.1 Å². The van der Waals surface area contributed by atoms with Crippen molar-refractivity contribution in [2.75, 3.05) is 25.0 Å². The predicted molar refractivity (Wildman–Crippen MR) is 116 cm³/mol. The van der Waals surface area contributed by atoms with Crippen molar-refractivity contribution in [3.05, 3.63) is 54.0 Å². The lowest BCUT2D eigenvalue weighted by atomic mass is 9.95. The summed E-state index contributed by atoms with van der Waals surface area (Å²) in [6.07, 6.45) is 3.92. The molecule has 0 radical (unpaired) electrons. The van der Waals surface area contributed by atoms with E-state index in [0.29, 0.717) is 18.7 Å². The number of carbonyl (C=O) groups excluding carboxylic acids is 2. The number of aliphatic imine (C=N–C) groups is 1. The van der Waals surface area contributed by atoms with Crippen molar-refractivity contribution in [2.24, 2.45) is 16.6 Å². The molecule has 1 fully saturated rings. The van der Waals surface area contributed by atoms with E-state index in [1.54, 1.807) is 12.1 Å². The van der Waals surface area contributed by atoms with Crippen LogP contribution in [-0.4, -0.2) is 42.3 Å². The summed E-state index contributed by atoms with van der Waals surface area (Å²) in [5, 5.41) is 6.14. The van der Waals surface area contributed by atoms with Gasteiger partial charge in [-0.2, -0.15) is 0 Å². The number of amides is 2. The van der Waals surface area contributed by atoms with Crippen molar-refractivity contribution in [3.63, 3.8) is 0 Å². The van der Waals surface area contributed by atoms with E-state index in [0.717, 1.165) is 44.0 Å². The van der Waals surface area contributed by atoms with Crippen LogP contribution in [-0.2, 0) is 11.3 Å². The lowest BCUT2D eigenvalue weighted by Crippen LogP contribution is -2.47. The maximum atomic E-state index is 12.0. The minimum Gasteiger partial charge on any atom is -0.459 e. The quantitative estimate of drug-likeness (QED) is 0.479. The normalized spacial score (nSPS) is 16.9. The Labute approximate surface area is 176 Å². The first kappa shape index (κ1) is 21.4. The van der Waals surface area contributed by atoms with Crippen molar-refractivity contribution < 1.29 is 14.0 Å². The summed E-state index contributed by atoms with van der Waals surface area (Å²) in [5.74, 6) is 0.869. The number of furan rings is 1. The van der Waals surface area contributed by atoms with E-state index < -0.39 is 0 Å². The average Bonchev–Trinajstić information content (AvgIpc) is 3.27. The maximum Gasteiger partial charge on any atom is 0.291 e. The van der Waals surface area contributed by atoms with Gasteiger partial charge < -0.3 is 25.7 Å². The minimum atomic E-state index is -0.282. The van der Waals surface area contributed by atoms with Crippen LogP contribution in [0.4, 0.5) is 5.69 Å². The number of guanidine groups is 1. The third-order valence-corrected chi connectivity index (χ3v) is 5.01. The van der Waals surface area contributed by atoms with Crippen LogP contribution in [0, 0.1) is 5.92 Å². The van der Waals surface area contributed by atoms with Crippen LogP contribution >= 0.6 is 0 Å². The molecule has 2 heterocycles. The molecule has 8 nitrogen and oxygen atoms in total. The number of benzene rings is 1. The molecule has 30 heavy (non-hydrogen) atoms. The van der Waals surface area contributed by atoms with Gasteiger partial charge in [-0.3, -0.25) is 9.59 Å². The standard InChI is InChI=1S/C22H29N5O3/c1-2-24-22(27-11-3-5-17(15-27)13-20(23)28)25-14-16-7-9-18(10-8-16)26-21(29)19-6-4-12-30-19/h4,6-10,12,17H,2-3,5,11,13-15H2,1H3,(H2,23,28)(H,24,25)(H,26,29). The molecule has 3 rings (SSSR count). The molecule has 8 heteroatoms. The Bertz CT molecular complexity index is 861. The summed E-state index contributed by atoms with van der Waals surface area (Å²) in [6.45, 7) is 5.03. The van der Waals surface area contributed by atoms with Crippen molar-refractivity contribution in [1.82, 2.24) is 10.2 Å². The fourth-order valence-corrected chi connectivity index (χ4v) is 3.59. The molecular formula is C22H29N5O3. The molecule has 2 aromatic rings. The highest BCUT2D eigenvalue weighted by Gasteiger charge is 2.23. The first-order chi connectivity index (χ1) is 14.5. The molecule has 160 valence electrons. The van der Waals surface area contributed by atoms with Gasteiger partial charge in [0.25, 0.3) is 5.91 Å². The van der Waals surface area contributed by atoms with E-state index in [9.17, 15) is 9.59 Å². The van der Waals surface area contributed by atoms with Crippen LogP contribution in [0.2, 0.25) is 0 Å². The summed E-state index contributed by atoms with van der Waals surface area (Å²) in [5.41, 5.74) is 7.10. The van der Waals surface area contributed by atoms with Gasteiger partial charge in [0, 0.05) is 31.7 Å². The Morgan fingerprint density at radius 2 is 2.07 bits per heavy atom. The first-order valence-electron chi connectivity index (χ1n) is 10.3. The van der Waals surface area contributed by atoms with E-state index in [1.165, 1.54) is 6.26 Å². The molecule has 1 saturated heterocycles. The second-order valence-corrected chi connectivity index (χ2v) is 7.42. The van der Waals surface area contributed by atoms with Crippen LogP contribution < -0.4 is 16.4 Å². The predicted octanol–water partition coefficient (Wildman–Crippen LogP) is 2.58. The first-order valence-corrected chi connectivity index (χ1v) is 10.3. The van der Waals surface area contributed by atoms with E-state index in [2.05, 4.69) is 15.5 Å². The summed E-state index contributed by atoms with van der Waals surface area (Å²) in [7, 11) is 0. The van der Waals surface area contributed by atoms with Gasteiger partial charge in [-0.25, -0.2) is 4.99 Å². The largest absolute Gasteiger partial charge is 0.459 e. The van der Waals surface area contributed by atoms with Gasteiger partial charge in [0.1, 0.15) is 0 Å². The minimum absolute atomic E-state index is 0.247. The highest BCUT2D eigenvalue weighted by atomic mass is 16.3. The average molecular weight is 412 g/mol. The number of primary amides is 1. The molecule has 1 aliphatic heterocycles. The molecule has 0 spiro atoms. The van der Waals surface area contributed by atoms with E-state index >= 15 is 0 Å². The molecule has 1 aliphatic rings. The number of piperidine rings is 1. The number of hydrogen-bond donors (Lipinski definition) is 3. The highest BCUT2D eigenvalue weighted by molar-refractivity contribution is 6.02. The second-order valence-electron chi connectivity index (χ2n) is 7.42. The summed E-state index contributed by atoms with van der Waals surface area (Å²) in [6, 6.07) is 10.9. The molecule has 1 unspecified atom stereocenters. The zero-order valence-corrected chi connectivity index (χ0v) is 17.3. The molecular weight excluding hydrogens is 382 g/mol. The zero-order chi connectivity index (χ0) is 21.3. The van der Waals surface area contributed by atoms with E-state index in [-0.39, 0.29) is 23.5 Å². The van der Waals surface area contributed by atoms with Gasteiger partial charge in [-0.05, 0) is 55.5 Å². The third kappa shape index (κ3) is 6.10. The second kappa shape index (κ2) is 10.5. The van der Waals surface area contributed by atoms with E-state index in [1.807, 2.05) is 31.2 Å². The molecule has 1 aromatic carbocycles. The molecule has 2 amide bonds. The molecule has 1 atom stereocenters. The van der Waals surface area contributed by atoms with Gasteiger partial charge in [-0.15, -0.1) is 0 Å². The lowest BCUT2D eigenvalue weighted by molar-refractivity contribution is -0.119. The number of hydrogen-bond acceptors (Lipinski definition) is 4. The smallest absolute Gasteiger partial charge is 0.291 e. The Balaban J connectivity index is 1.60. The lowest BCUT2D eigenvalue weighted by Gasteiger charge is -2.34. The number of anilines is 1. The Morgan fingerprint density at radius 3 is 2.73 bits per heavy atom. The summed E-state index contributed by atoms with van der Waals surface area (Å²) < 4.78 is 5.10. The number of nitrogens with two attached hydrogens (primary N) is 1. The molecule has 4 N–H and O–H groups in total. The van der Waals surface area contributed by atoms with Crippen LogP contribution in [0.15, 0.2) is 52.1 Å². The number of likely N-dealkylation sites (tertiary alicyclic amines) is 1. The topological polar surface area (TPSA) is 113 Å². The SMILES string of the molecule is CCNC(=NCc1ccc(NC(=O)c2ccco2)cc1)N1CCCC(CC(N)=O)C1. The van der Waals surface area contributed by atoms with Gasteiger partial charge in [0.05, 0.1) is 12.8 Å². The molecule has 0 aliphatic carbocycles. The van der Waals surface area contributed by atoms with E-state index in [4.69, 9.17) is 15.1 Å². The summed E-state index contributed by atoms with van der Waals surface area (Å²) in [4.78, 5) is 30.3. The zero-order valence-electron chi connectivity index (χ0n) is 17.3.